The molecule has 0 saturated carbocycles. The van der Waals surface area contributed by atoms with E-state index in [9.17, 15) is 14.0 Å². The largest absolute Gasteiger partial charge is 0.465 e. The Morgan fingerprint density at radius 2 is 1.83 bits per heavy atom. The highest BCUT2D eigenvalue weighted by Crippen LogP contribution is 2.22. The van der Waals surface area contributed by atoms with Crippen LogP contribution in [0.2, 0.25) is 0 Å². The molecule has 150 valence electrons. The van der Waals surface area contributed by atoms with Gasteiger partial charge in [-0.1, -0.05) is 18.2 Å². The van der Waals surface area contributed by atoms with Gasteiger partial charge in [-0.05, 0) is 54.1 Å². The van der Waals surface area contributed by atoms with Gasteiger partial charge in [-0.25, -0.2) is 13.9 Å². The van der Waals surface area contributed by atoms with Crippen molar-refractivity contribution in [3.63, 3.8) is 0 Å². The van der Waals surface area contributed by atoms with Gasteiger partial charge in [0.25, 0.3) is 5.91 Å². The Morgan fingerprint density at radius 1 is 1.07 bits per heavy atom. The Morgan fingerprint density at radius 3 is 2.60 bits per heavy atom. The number of hydrogen-bond acceptors (Lipinski definition) is 4. The third-order valence-electron chi connectivity index (χ3n) is 4.73. The number of nitrogens with zero attached hydrogens (tertiary/aromatic N) is 2. The van der Waals surface area contributed by atoms with Gasteiger partial charge in [0.15, 0.2) is 0 Å². The molecule has 3 aromatic carbocycles. The summed E-state index contributed by atoms with van der Waals surface area (Å²) in [6.07, 6.45) is 1.62. The molecule has 0 aliphatic heterocycles. The molecule has 0 aliphatic rings. The summed E-state index contributed by atoms with van der Waals surface area (Å²) in [5.74, 6) is -1.02. The standard InChI is InChI=1S/C23H18FN3O3/c1-30-23(29)16-5-2-4-15(12-16)13-25-22(28)19-6-3-7-21-20(19)14-26-27(21)18-10-8-17(24)9-11-18/h2-12,14H,13H2,1H3,(H,25,28). The number of esters is 1. The van der Waals surface area contributed by atoms with Crippen LogP contribution in [0.4, 0.5) is 4.39 Å². The smallest absolute Gasteiger partial charge is 0.337 e. The number of carbonyl (C=O) groups is 2. The first-order valence-electron chi connectivity index (χ1n) is 9.25. The van der Waals surface area contributed by atoms with E-state index in [4.69, 9.17) is 4.74 Å². The first-order valence-corrected chi connectivity index (χ1v) is 9.25. The average Bonchev–Trinajstić information content (AvgIpc) is 3.22. The molecule has 0 fully saturated rings. The van der Waals surface area contributed by atoms with Crippen LogP contribution in [0.1, 0.15) is 26.3 Å². The molecule has 0 aliphatic carbocycles. The quantitative estimate of drug-likeness (QED) is 0.513. The second-order valence-electron chi connectivity index (χ2n) is 6.65. The van der Waals surface area contributed by atoms with E-state index >= 15 is 0 Å². The van der Waals surface area contributed by atoms with Gasteiger partial charge in [0.2, 0.25) is 0 Å². The number of hydrogen-bond donors (Lipinski definition) is 1. The second-order valence-corrected chi connectivity index (χ2v) is 6.65. The second kappa shape index (κ2) is 8.16. The SMILES string of the molecule is COC(=O)c1cccc(CNC(=O)c2cccc3c2cnn3-c2ccc(F)cc2)c1. The van der Waals surface area contributed by atoms with E-state index in [1.807, 2.05) is 12.1 Å². The lowest BCUT2D eigenvalue weighted by Gasteiger charge is -2.08. The molecule has 4 aromatic rings. The monoisotopic (exact) mass is 403 g/mol. The summed E-state index contributed by atoms with van der Waals surface area (Å²) in [5, 5.41) is 7.91. The highest BCUT2D eigenvalue weighted by molar-refractivity contribution is 6.06. The fourth-order valence-corrected chi connectivity index (χ4v) is 3.24. The van der Waals surface area contributed by atoms with Gasteiger partial charge in [-0.3, -0.25) is 4.79 Å². The molecule has 0 radical (unpaired) electrons. The highest BCUT2D eigenvalue weighted by Gasteiger charge is 2.14. The summed E-state index contributed by atoms with van der Waals surface area (Å²) in [4.78, 5) is 24.5. The lowest BCUT2D eigenvalue weighted by atomic mass is 10.1. The van der Waals surface area contributed by atoms with Crippen LogP contribution < -0.4 is 5.32 Å². The minimum absolute atomic E-state index is 0.256. The molecule has 0 atom stereocenters. The van der Waals surface area contributed by atoms with Crippen LogP contribution in [-0.4, -0.2) is 28.8 Å². The molecule has 0 bridgehead atoms. The number of methoxy groups -OCH3 is 1. The van der Waals surface area contributed by atoms with Gasteiger partial charge in [0.1, 0.15) is 5.82 Å². The van der Waals surface area contributed by atoms with Gasteiger partial charge in [-0.2, -0.15) is 5.10 Å². The normalized spacial score (nSPS) is 10.7. The maximum atomic E-state index is 13.2. The van der Waals surface area contributed by atoms with Crippen molar-refractivity contribution >= 4 is 22.8 Å². The zero-order valence-electron chi connectivity index (χ0n) is 16.1. The van der Waals surface area contributed by atoms with E-state index in [-0.39, 0.29) is 18.3 Å². The summed E-state index contributed by atoms with van der Waals surface area (Å²) in [6.45, 7) is 0.256. The van der Waals surface area contributed by atoms with Crippen molar-refractivity contribution in [3.8, 4) is 5.69 Å². The van der Waals surface area contributed by atoms with Crippen LogP contribution in [0.25, 0.3) is 16.6 Å². The Labute approximate surface area is 171 Å². The van der Waals surface area contributed by atoms with E-state index in [2.05, 4.69) is 10.4 Å². The van der Waals surface area contributed by atoms with Crippen molar-refractivity contribution in [1.29, 1.82) is 0 Å². The van der Waals surface area contributed by atoms with Crippen molar-refractivity contribution in [2.45, 2.75) is 6.54 Å². The van der Waals surface area contributed by atoms with Crippen molar-refractivity contribution in [2.75, 3.05) is 7.11 Å². The van der Waals surface area contributed by atoms with Gasteiger partial charge in [-0.15, -0.1) is 0 Å². The topological polar surface area (TPSA) is 73.2 Å². The molecule has 1 amide bonds. The van der Waals surface area contributed by atoms with Crippen LogP contribution in [0.15, 0.2) is 72.9 Å². The lowest BCUT2D eigenvalue weighted by Crippen LogP contribution is -2.23. The van der Waals surface area contributed by atoms with Gasteiger partial charge in [0.05, 0.1) is 35.6 Å². The third kappa shape index (κ3) is 3.77. The number of amides is 1. The molecular formula is C23H18FN3O3. The van der Waals surface area contributed by atoms with E-state index in [1.165, 1.54) is 19.2 Å². The first kappa shape index (κ1) is 19.3. The van der Waals surface area contributed by atoms with Crippen LogP contribution in [0.3, 0.4) is 0 Å². The zero-order valence-corrected chi connectivity index (χ0v) is 16.1. The number of aromatic nitrogens is 2. The van der Waals surface area contributed by atoms with Crippen LogP contribution >= 0.6 is 0 Å². The lowest BCUT2D eigenvalue weighted by molar-refractivity contribution is 0.0600. The Bertz CT molecular complexity index is 1230. The van der Waals surface area contributed by atoms with E-state index in [1.54, 1.807) is 53.3 Å². The molecule has 0 spiro atoms. The zero-order chi connectivity index (χ0) is 21.1. The Balaban J connectivity index is 1.57. The van der Waals surface area contributed by atoms with Crippen LogP contribution in [0.5, 0.6) is 0 Å². The summed E-state index contributed by atoms with van der Waals surface area (Å²) >= 11 is 0. The molecule has 0 saturated heterocycles. The number of carbonyl (C=O) groups excluding carboxylic acids is 2. The molecule has 4 rings (SSSR count). The van der Waals surface area contributed by atoms with Crippen LogP contribution in [0, 0.1) is 5.82 Å². The molecule has 1 N–H and O–H groups in total. The summed E-state index contributed by atoms with van der Waals surface area (Å²) in [7, 11) is 1.32. The number of fused-ring (bicyclic) bond motifs is 1. The van der Waals surface area contributed by atoms with Gasteiger partial charge in [0, 0.05) is 11.9 Å². The minimum Gasteiger partial charge on any atom is -0.465 e. The molecule has 1 aromatic heterocycles. The number of benzene rings is 3. The summed E-state index contributed by atoms with van der Waals surface area (Å²) < 4.78 is 19.6. The Kier molecular flexibility index (Phi) is 5.26. The van der Waals surface area contributed by atoms with Crippen LogP contribution in [-0.2, 0) is 11.3 Å². The van der Waals surface area contributed by atoms with E-state index < -0.39 is 5.97 Å². The average molecular weight is 403 g/mol. The fourth-order valence-electron chi connectivity index (χ4n) is 3.24. The summed E-state index contributed by atoms with van der Waals surface area (Å²) in [5.41, 5.74) is 3.11. The number of nitrogens with one attached hydrogen (secondary N) is 1. The predicted octanol–water partition coefficient (Wildman–Crippen LogP) is 3.88. The maximum Gasteiger partial charge on any atom is 0.337 e. The number of halogens is 1. The van der Waals surface area contributed by atoms with Crippen molar-refractivity contribution in [1.82, 2.24) is 15.1 Å². The maximum absolute atomic E-state index is 13.2. The molecule has 6 nitrogen and oxygen atoms in total. The van der Waals surface area contributed by atoms with Crippen molar-refractivity contribution in [3.05, 3.63) is 95.4 Å². The predicted molar refractivity (Wildman–Crippen MR) is 110 cm³/mol. The number of rotatable bonds is 5. The molecular weight excluding hydrogens is 385 g/mol. The van der Waals surface area contributed by atoms with Crippen molar-refractivity contribution in [2.24, 2.45) is 0 Å². The Hall–Kier alpha value is -4.00. The fraction of sp³-hybridized carbons (Fsp3) is 0.0870. The molecule has 7 heteroatoms. The third-order valence-corrected chi connectivity index (χ3v) is 4.73. The summed E-state index contributed by atoms with van der Waals surface area (Å²) in [6, 6.07) is 18.2. The molecule has 0 unspecified atom stereocenters. The first-order chi connectivity index (χ1) is 14.6. The van der Waals surface area contributed by atoms with Gasteiger partial charge < -0.3 is 10.1 Å². The van der Waals surface area contributed by atoms with E-state index in [0.717, 1.165) is 11.1 Å². The highest BCUT2D eigenvalue weighted by atomic mass is 19.1. The minimum atomic E-state index is -0.429. The van der Waals surface area contributed by atoms with Gasteiger partial charge >= 0.3 is 5.97 Å². The van der Waals surface area contributed by atoms with Crippen molar-refractivity contribution < 1.29 is 18.7 Å². The molecule has 1 heterocycles. The molecule has 30 heavy (non-hydrogen) atoms. The number of ether oxygens (including phenoxy) is 1. The van der Waals surface area contributed by atoms with E-state index in [0.29, 0.717) is 22.2 Å².